The van der Waals surface area contributed by atoms with Gasteiger partial charge < -0.3 is 15.1 Å². The maximum atomic E-state index is 12.8. The first-order chi connectivity index (χ1) is 13.0. The van der Waals surface area contributed by atoms with E-state index in [1.165, 1.54) is 4.90 Å². The number of anilines is 2. The maximum Gasteiger partial charge on any atom is 0.254 e. The van der Waals surface area contributed by atoms with Gasteiger partial charge in [-0.1, -0.05) is 30.3 Å². The van der Waals surface area contributed by atoms with Gasteiger partial charge in [0, 0.05) is 30.0 Å². The Morgan fingerprint density at radius 2 is 1.85 bits per heavy atom. The molecule has 6 nitrogen and oxygen atoms in total. The van der Waals surface area contributed by atoms with E-state index in [2.05, 4.69) is 11.9 Å². The summed E-state index contributed by atoms with van der Waals surface area (Å²) in [6, 6.07) is 14.4. The standard InChI is InChI=1S/C21H21N3O3/c1-3-19(25)22-17-6-4-5-16(13-17)21(27)23-11-12-24(20(26)14-23)18-9-7-15(2)8-10-18/h3-10,13H,1,11-12,14H2,2H3,(H,22,25). The highest BCUT2D eigenvalue weighted by Gasteiger charge is 2.28. The van der Waals surface area contributed by atoms with Crippen LogP contribution in [0.25, 0.3) is 0 Å². The second kappa shape index (κ2) is 7.86. The Morgan fingerprint density at radius 3 is 2.52 bits per heavy atom. The van der Waals surface area contributed by atoms with Gasteiger partial charge in [0.25, 0.3) is 5.91 Å². The zero-order chi connectivity index (χ0) is 19.4. The zero-order valence-corrected chi connectivity index (χ0v) is 15.1. The van der Waals surface area contributed by atoms with Crippen LogP contribution in [0.5, 0.6) is 0 Å². The number of carbonyl (C=O) groups excluding carboxylic acids is 3. The molecule has 1 aliphatic heterocycles. The van der Waals surface area contributed by atoms with Crippen LogP contribution in [0.15, 0.2) is 61.2 Å². The van der Waals surface area contributed by atoms with E-state index >= 15 is 0 Å². The Bertz CT molecular complexity index is 890. The average Bonchev–Trinajstić information content (AvgIpc) is 2.68. The van der Waals surface area contributed by atoms with Gasteiger partial charge in [0.05, 0.1) is 0 Å². The first-order valence-corrected chi connectivity index (χ1v) is 8.68. The molecular weight excluding hydrogens is 342 g/mol. The van der Waals surface area contributed by atoms with E-state index in [1.54, 1.807) is 29.2 Å². The van der Waals surface area contributed by atoms with E-state index in [9.17, 15) is 14.4 Å². The first kappa shape index (κ1) is 18.4. The van der Waals surface area contributed by atoms with Crippen LogP contribution in [0, 0.1) is 6.92 Å². The first-order valence-electron chi connectivity index (χ1n) is 8.68. The summed E-state index contributed by atoms with van der Waals surface area (Å²) in [5.41, 5.74) is 2.90. The van der Waals surface area contributed by atoms with Crippen molar-refractivity contribution in [2.75, 3.05) is 29.9 Å². The minimum atomic E-state index is -0.346. The SMILES string of the molecule is C=CC(=O)Nc1cccc(C(=O)N2CCN(c3ccc(C)cc3)C(=O)C2)c1. The second-order valence-electron chi connectivity index (χ2n) is 6.38. The molecule has 3 amide bonds. The van der Waals surface area contributed by atoms with Gasteiger partial charge in [-0.25, -0.2) is 0 Å². The molecule has 0 unspecified atom stereocenters. The molecule has 0 spiro atoms. The lowest BCUT2D eigenvalue weighted by Crippen LogP contribution is -2.52. The van der Waals surface area contributed by atoms with Crippen molar-refractivity contribution in [2.45, 2.75) is 6.92 Å². The van der Waals surface area contributed by atoms with E-state index in [1.807, 2.05) is 31.2 Å². The molecule has 1 saturated heterocycles. The third kappa shape index (κ3) is 4.23. The van der Waals surface area contributed by atoms with E-state index in [0.29, 0.717) is 24.3 Å². The topological polar surface area (TPSA) is 69.7 Å². The van der Waals surface area contributed by atoms with E-state index in [-0.39, 0.29) is 24.3 Å². The molecule has 1 N–H and O–H groups in total. The van der Waals surface area contributed by atoms with Gasteiger partial charge in [0.15, 0.2) is 0 Å². The van der Waals surface area contributed by atoms with Crippen molar-refractivity contribution in [1.82, 2.24) is 4.90 Å². The van der Waals surface area contributed by atoms with Gasteiger partial charge in [-0.3, -0.25) is 14.4 Å². The van der Waals surface area contributed by atoms with Crippen LogP contribution < -0.4 is 10.2 Å². The van der Waals surface area contributed by atoms with E-state index < -0.39 is 0 Å². The molecule has 2 aromatic rings. The number of carbonyl (C=O) groups is 3. The molecule has 0 aliphatic carbocycles. The van der Waals surface area contributed by atoms with Crippen molar-refractivity contribution in [3.63, 3.8) is 0 Å². The highest BCUT2D eigenvalue weighted by Crippen LogP contribution is 2.20. The van der Waals surface area contributed by atoms with Gasteiger partial charge in [0.1, 0.15) is 6.54 Å². The number of hydrogen-bond donors (Lipinski definition) is 1. The number of aryl methyl sites for hydroxylation is 1. The highest BCUT2D eigenvalue weighted by molar-refractivity contribution is 6.03. The molecule has 0 aromatic heterocycles. The van der Waals surface area contributed by atoms with Crippen molar-refractivity contribution in [1.29, 1.82) is 0 Å². The fourth-order valence-corrected chi connectivity index (χ4v) is 2.95. The molecule has 138 valence electrons. The summed E-state index contributed by atoms with van der Waals surface area (Å²) < 4.78 is 0. The summed E-state index contributed by atoms with van der Waals surface area (Å²) in [6.45, 7) is 6.31. The Balaban J connectivity index is 1.69. The lowest BCUT2D eigenvalue weighted by molar-refractivity contribution is -0.120. The van der Waals surface area contributed by atoms with Gasteiger partial charge >= 0.3 is 0 Å². The molecule has 2 aromatic carbocycles. The predicted molar refractivity (Wildman–Crippen MR) is 105 cm³/mol. The third-order valence-corrected chi connectivity index (χ3v) is 4.42. The van der Waals surface area contributed by atoms with Gasteiger partial charge in [-0.05, 0) is 43.3 Å². The van der Waals surface area contributed by atoms with Crippen molar-refractivity contribution in [3.8, 4) is 0 Å². The number of piperazine rings is 1. The fraction of sp³-hybridized carbons (Fsp3) is 0.190. The Hall–Kier alpha value is -3.41. The number of nitrogens with one attached hydrogen (secondary N) is 1. The number of hydrogen-bond acceptors (Lipinski definition) is 3. The molecule has 0 radical (unpaired) electrons. The Morgan fingerprint density at radius 1 is 1.11 bits per heavy atom. The van der Waals surface area contributed by atoms with Gasteiger partial charge in [-0.15, -0.1) is 0 Å². The Labute approximate surface area is 158 Å². The van der Waals surface area contributed by atoms with Gasteiger partial charge in [0.2, 0.25) is 11.8 Å². The summed E-state index contributed by atoms with van der Waals surface area (Å²) in [5.74, 6) is -0.697. The molecule has 0 saturated carbocycles. The molecule has 6 heteroatoms. The molecule has 1 heterocycles. The van der Waals surface area contributed by atoms with E-state index in [0.717, 1.165) is 17.3 Å². The van der Waals surface area contributed by atoms with E-state index in [4.69, 9.17) is 0 Å². The summed E-state index contributed by atoms with van der Waals surface area (Å²) in [4.78, 5) is 40.0. The smallest absolute Gasteiger partial charge is 0.254 e. The molecule has 0 atom stereocenters. The van der Waals surface area contributed by atoms with Crippen molar-refractivity contribution < 1.29 is 14.4 Å². The fourth-order valence-electron chi connectivity index (χ4n) is 2.95. The monoisotopic (exact) mass is 363 g/mol. The largest absolute Gasteiger partial charge is 0.328 e. The molecule has 0 bridgehead atoms. The van der Waals surface area contributed by atoms with Crippen LogP contribution in [0.4, 0.5) is 11.4 Å². The summed E-state index contributed by atoms with van der Waals surface area (Å²) >= 11 is 0. The number of amides is 3. The summed E-state index contributed by atoms with van der Waals surface area (Å²) in [7, 11) is 0. The van der Waals surface area contributed by atoms with Crippen LogP contribution in [0.2, 0.25) is 0 Å². The quantitative estimate of drug-likeness (QED) is 0.849. The number of nitrogens with zero attached hydrogens (tertiary/aromatic N) is 2. The molecule has 1 aliphatic rings. The second-order valence-corrected chi connectivity index (χ2v) is 6.38. The normalized spacial score (nSPS) is 14.0. The van der Waals surface area contributed by atoms with Crippen molar-refractivity contribution in [2.24, 2.45) is 0 Å². The molecule has 1 fully saturated rings. The average molecular weight is 363 g/mol. The Kier molecular flexibility index (Phi) is 5.35. The summed E-state index contributed by atoms with van der Waals surface area (Å²) in [6.07, 6.45) is 1.16. The third-order valence-electron chi connectivity index (χ3n) is 4.42. The zero-order valence-electron chi connectivity index (χ0n) is 15.1. The number of rotatable bonds is 4. The van der Waals surface area contributed by atoms with Crippen molar-refractivity contribution >= 4 is 29.1 Å². The highest BCUT2D eigenvalue weighted by atomic mass is 16.2. The van der Waals surface area contributed by atoms with Crippen LogP contribution in [-0.4, -0.2) is 42.3 Å². The van der Waals surface area contributed by atoms with Crippen molar-refractivity contribution in [3.05, 3.63) is 72.3 Å². The van der Waals surface area contributed by atoms with Crippen LogP contribution in [0.1, 0.15) is 15.9 Å². The lowest BCUT2D eigenvalue weighted by atomic mass is 10.1. The molecule has 27 heavy (non-hydrogen) atoms. The maximum absolute atomic E-state index is 12.8. The molecule has 3 rings (SSSR count). The number of benzene rings is 2. The summed E-state index contributed by atoms with van der Waals surface area (Å²) in [5, 5.41) is 2.63. The van der Waals surface area contributed by atoms with Crippen LogP contribution in [0.3, 0.4) is 0 Å². The molecular formula is C21H21N3O3. The van der Waals surface area contributed by atoms with Crippen LogP contribution >= 0.6 is 0 Å². The minimum Gasteiger partial charge on any atom is -0.328 e. The minimum absolute atomic E-state index is 0.0238. The van der Waals surface area contributed by atoms with Gasteiger partial charge in [-0.2, -0.15) is 0 Å². The predicted octanol–water partition coefficient (Wildman–Crippen LogP) is 2.61. The van der Waals surface area contributed by atoms with Crippen LogP contribution in [-0.2, 0) is 9.59 Å². The lowest BCUT2D eigenvalue weighted by Gasteiger charge is -2.34.